The van der Waals surface area contributed by atoms with Gasteiger partial charge < -0.3 is 9.64 Å². The van der Waals surface area contributed by atoms with E-state index in [1.807, 2.05) is 18.2 Å². The Labute approximate surface area is 124 Å². The van der Waals surface area contributed by atoms with Gasteiger partial charge in [0.2, 0.25) is 5.88 Å². The molecule has 0 aliphatic carbocycles. The minimum atomic E-state index is 0.257. The maximum absolute atomic E-state index is 6.16. The van der Waals surface area contributed by atoms with Gasteiger partial charge in [0.15, 0.2) is 0 Å². The van der Waals surface area contributed by atoms with Gasteiger partial charge in [0.1, 0.15) is 6.10 Å². The van der Waals surface area contributed by atoms with Crippen molar-refractivity contribution in [2.24, 2.45) is 0 Å². The monoisotopic (exact) mass is 290 g/mol. The van der Waals surface area contributed by atoms with E-state index in [0.717, 1.165) is 48.3 Å². The molecule has 2 aromatic rings. The van der Waals surface area contributed by atoms with Crippen molar-refractivity contribution < 1.29 is 4.74 Å². The molecule has 3 nitrogen and oxygen atoms in total. The van der Waals surface area contributed by atoms with Crippen molar-refractivity contribution in [2.45, 2.75) is 24.8 Å². The lowest BCUT2D eigenvalue weighted by atomic mass is 10.1. The molecule has 3 rings (SSSR count). The van der Waals surface area contributed by atoms with E-state index in [9.17, 15) is 0 Å². The van der Waals surface area contributed by atoms with Gasteiger partial charge in [-0.05, 0) is 37.4 Å². The zero-order chi connectivity index (χ0) is 13.9. The number of hydrogen-bond acceptors (Lipinski definition) is 3. The second-order valence-electron chi connectivity index (χ2n) is 5.39. The summed E-state index contributed by atoms with van der Waals surface area (Å²) in [5.41, 5.74) is 0.869. The van der Waals surface area contributed by atoms with Gasteiger partial charge in [-0.15, -0.1) is 11.6 Å². The van der Waals surface area contributed by atoms with E-state index in [0.29, 0.717) is 5.88 Å². The van der Waals surface area contributed by atoms with Crippen LogP contribution in [0.25, 0.3) is 10.8 Å². The molecule has 0 amide bonds. The van der Waals surface area contributed by atoms with Crippen LogP contribution in [-0.2, 0) is 5.88 Å². The summed E-state index contributed by atoms with van der Waals surface area (Å²) < 4.78 is 6.16. The smallest absolute Gasteiger partial charge is 0.221 e. The number of nitrogens with zero attached hydrogens (tertiary/aromatic N) is 2. The van der Waals surface area contributed by atoms with E-state index in [-0.39, 0.29) is 6.10 Å². The number of halogens is 1. The molecule has 0 unspecified atom stereocenters. The number of pyridine rings is 1. The van der Waals surface area contributed by atoms with Gasteiger partial charge >= 0.3 is 0 Å². The fourth-order valence-corrected chi connectivity index (χ4v) is 2.78. The van der Waals surface area contributed by atoms with E-state index in [4.69, 9.17) is 16.3 Å². The van der Waals surface area contributed by atoms with Gasteiger partial charge in [-0.3, -0.25) is 0 Å². The molecule has 1 aromatic carbocycles. The number of hydrogen-bond donors (Lipinski definition) is 0. The third kappa shape index (κ3) is 2.89. The zero-order valence-corrected chi connectivity index (χ0v) is 12.4. The van der Waals surface area contributed by atoms with Crippen molar-refractivity contribution in [1.29, 1.82) is 0 Å². The molecule has 4 heteroatoms. The summed E-state index contributed by atoms with van der Waals surface area (Å²) in [4.78, 5) is 6.90. The fraction of sp³-hybridized carbons (Fsp3) is 0.438. The molecule has 0 spiro atoms. The fourth-order valence-electron chi connectivity index (χ4n) is 2.64. The number of aromatic nitrogens is 1. The quantitative estimate of drug-likeness (QED) is 0.810. The number of fused-ring (bicyclic) bond motifs is 1. The van der Waals surface area contributed by atoms with E-state index >= 15 is 0 Å². The lowest BCUT2D eigenvalue weighted by Gasteiger charge is -2.29. The average molecular weight is 291 g/mol. The minimum Gasteiger partial charge on any atom is -0.474 e. The first-order chi connectivity index (χ1) is 9.76. The summed E-state index contributed by atoms with van der Waals surface area (Å²) in [6.07, 6.45) is 2.36. The van der Waals surface area contributed by atoms with E-state index in [1.54, 1.807) is 0 Å². The number of likely N-dealkylation sites (tertiary alicyclic amines) is 1. The van der Waals surface area contributed by atoms with Gasteiger partial charge in [0.25, 0.3) is 0 Å². The number of ether oxygens (including phenoxy) is 1. The number of alkyl halides is 1. The Bertz CT molecular complexity index is 594. The van der Waals surface area contributed by atoms with Crippen LogP contribution in [0.2, 0.25) is 0 Å². The highest BCUT2D eigenvalue weighted by Crippen LogP contribution is 2.27. The predicted molar refractivity (Wildman–Crippen MR) is 82.4 cm³/mol. The summed E-state index contributed by atoms with van der Waals surface area (Å²) in [7, 11) is 2.15. The Morgan fingerprint density at radius 2 is 2.05 bits per heavy atom. The molecule has 1 aliphatic rings. The summed E-state index contributed by atoms with van der Waals surface area (Å²) in [6.45, 7) is 2.16. The largest absolute Gasteiger partial charge is 0.474 e. The number of benzene rings is 1. The van der Waals surface area contributed by atoms with Crippen LogP contribution in [0.4, 0.5) is 0 Å². The molecule has 0 atom stereocenters. The lowest BCUT2D eigenvalue weighted by Crippen LogP contribution is -2.35. The summed E-state index contributed by atoms with van der Waals surface area (Å²) in [5, 5.41) is 2.21. The van der Waals surface area contributed by atoms with Crippen molar-refractivity contribution in [3.05, 3.63) is 36.0 Å². The molecule has 0 saturated carbocycles. The van der Waals surface area contributed by atoms with Crippen molar-refractivity contribution >= 4 is 22.4 Å². The first-order valence-electron chi connectivity index (χ1n) is 7.06. The molecular weight excluding hydrogens is 272 g/mol. The van der Waals surface area contributed by atoms with Crippen molar-refractivity contribution in [3.63, 3.8) is 0 Å². The highest BCUT2D eigenvalue weighted by atomic mass is 35.5. The highest BCUT2D eigenvalue weighted by molar-refractivity contribution is 6.17. The Kier molecular flexibility index (Phi) is 4.08. The minimum absolute atomic E-state index is 0.257. The van der Waals surface area contributed by atoms with Crippen LogP contribution in [-0.4, -0.2) is 36.1 Å². The van der Waals surface area contributed by atoms with Crippen LogP contribution in [0, 0.1) is 0 Å². The van der Waals surface area contributed by atoms with Crippen LogP contribution in [0.3, 0.4) is 0 Å². The Morgan fingerprint density at radius 3 is 2.80 bits per heavy atom. The standard InChI is InChI=1S/C16H19ClN2O/c1-19-8-6-14(7-9-19)20-16-15-5-3-2-4-12(15)10-13(11-17)18-16/h2-5,10,14H,6-9,11H2,1H3. The molecule has 1 aromatic heterocycles. The maximum atomic E-state index is 6.16. The highest BCUT2D eigenvalue weighted by Gasteiger charge is 2.19. The van der Waals surface area contributed by atoms with Crippen LogP contribution >= 0.6 is 11.6 Å². The van der Waals surface area contributed by atoms with E-state index in [1.165, 1.54) is 0 Å². The molecule has 0 bridgehead atoms. The second-order valence-corrected chi connectivity index (χ2v) is 5.66. The number of piperidine rings is 1. The molecule has 1 aliphatic heterocycles. The van der Waals surface area contributed by atoms with Gasteiger partial charge in [-0.25, -0.2) is 4.98 Å². The zero-order valence-electron chi connectivity index (χ0n) is 11.7. The van der Waals surface area contributed by atoms with E-state index < -0.39 is 0 Å². The molecule has 0 N–H and O–H groups in total. The van der Waals surface area contributed by atoms with Crippen LogP contribution in [0.1, 0.15) is 18.5 Å². The average Bonchev–Trinajstić information content (AvgIpc) is 2.49. The molecule has 106 valence electrons. The molecular formula is C16H19ClN2O. The first-order valence-corrected chi connectivity index (χ1v) is 7.59. The van der Waals surface area contributed by atoms with E-state index in [2.05, 4.69) is 29.1 Å². The molecule has 1 fully saturated rings. The Hall–Kier alpha value is -1.32. The maximum Gasteiger partial charge on any atom is 0.221 e. The summed E-state index contributed by atoms with van der Waals surface area (Å²) in [5.74, 6) is 1.14. The summed E-state index contributed by atoms with van der Waals surface area (Å²) >= 11 is 5.94. The van der Waals surface area contributed by atoms with Crippen molar-refractivity contribution in [1.82, 2.24) is 9.88 Å². The van der Waals surface area contributed by atoms with Gasteiger partial charge in [0, 0.05) is 18.5 Å². The second kappa shape index (κ2) is 5.98. The molecule has 1 saturated heterocycles. The first kappa shape index (κ1) is 13.7. The van der Waals surface area contributed by atoms with Crippen molar-refractivity contribution in [2.75, 3.05) is 20.1 Å². The topological polar surface area (TPSA) is 25.4 Å². The van der Waals surface area contributed by atoms with Crippen LogP contribution in [0.5, 0.6) is 5.88 Å². The normalized spacial score (nSPS) is 17.5. The van der Waals surface area contributed by atoms with Crippen LogP contribution in [0.15, 0.2) is 30.3 Å². The molecule has 20 heavy (non-hydrogen) atoms. The Balaban J connectivity index is 1.89. The number of rotatable bonds is 3. The third-order valence-corrected chi connectivity index (χ3v) is 4.11. The predicted octanol–water partition coefficient (Wildman–Crippen LogP) is 3.45. The van der Waals surface area contributed by atoms with Gasteiger partial charge in [-0.1, -0.05) is 18.2 Å². The third-order valence-electron chi connectivity index (χ3n) is 3.84. The SMILES string of the molecule is CN1CCC(Oc2nc(CCl)cc3ccccc23)CC1. The molecule has 2 heterocycles. The van der Waals surface area contributed by atoms with Crippen LogP contribution < -0.4 is 4.74 Å². The van der Waals surface area contributed by atoms with Crippen molar-refractivity contribution in [3.8, 4) is 5.88 Å². The lowest BCUT2D eigenvalue weighted by molar-refractivity contribution is 0.111. The van der Waals surface area contributed by atoms with Gasteiger partial charge in [-0.2, -0.15) is 0 Å². The Morgan fingerprint density at radius 1 is 1.30 bits per heavy atom. The summed E-state index contributed by atoms with van der Waals surface area (Å²) in [6, 6.07) is 10.2. The molecule has 0 radical (unpaired) electrons. The van der Waals surface area contributed by atoms with Gasteiger partial charge in [0.05, 0.1) is 11.6 Å².